The van der Waals surface area contributed by atoms with E-state index >= 15 is 0 Å². The van der Waals surface area contributed by atoms with Gasteiger partial charge < -0.3 is 14.8 Å². The lowest BCUT2D eigenvalue weighted by Crippen LogP contribution is -2.48. The van der Waals surface area contributed by atoms with Crippen LogP contribution >= 0.6 is 0 Å². The van der Waals surface area contributed by atoms with Gasteiger partial charge in [-0.2, -0.15) is 22.8 Å². The number of carbonyl (C=O) groups excluding carboxylic acids is 1. The SMILES string of the molecule is CC(=O)N[C@]1(C#N)CC[C@@H](c2ccc(OC(F)F)c(OC(F)F)c2)CC1. The zero-order chi connectivity index (χ0) is 19.3. The Labute approximate surface area is 147 Å². The van der Waals surface area contributed by atoms with Crippen LogP contribution in [-0.2, 0) is 4.79 Å². The van der Waals surface area contributed by atoms with Crippen molar-refractivity contribution < 1.29 is 31.8 Å². The highest BCUT2D eigenvalue weighted by molar-refractivity contribution is 5.74. The number of rotatable bonds is 6. The van der Waals surface area contributed by atoms with Crippen molar-refractivity contribution in [1.29, 1.82) is 5.26 Å². The molecular weight excluding hydrogens is 356 g/mol. The Morgan fingerprint density at radius 1 is 1.19 bits per heavy atom. The maximum absolute atomic E-state index is 12.5. The summed E-state index contributed by atoms with van der Waals surface area (Å²) in [5.74, 6) is -1.31. The summed E-state index contributed by atoms with van der Waals surface area (Å²) >= 11 is 0. The Balaban J connectivity index is 2.17. The van der Waals surface area contributed by atoms with Crippen LogP contribution < -0.4 is 14.8 Å². The predicted molar refractivity (Wildman–Crippen MR) is 83.1 cm³/mol. The van der Waals surface area contributed by atoms with Gasteiger partial charge in [0.2, 0.25) is 5.91 Å². The molecule has 26 heavy (non-hydrogen) atoms. The maximum atomic E-state index is 12.5. The van der Waals surface area contributed by atoms with Crippen molar-refractivity contribution >= 4 is 5.91 Å². The number of nitrogens with one attached hydrogen (secondary N) is 1. The summed E-state index contributed by atoms with van der Waals surface area (Å²) < 4.78 is 58.4. The molecule has 1 aromatic carbocycles. The van der Waals surface area contributed by atoms with E-state index in [1.54, 1.807) is 0 Å². The van der Waals surface area contributed by atoms with E-state index < -0.39 is 30.3 Å². The van der Waals surface area contributed by atoms with E-state index in [1.165, 1.54) is 25.1 Å². The monoisotopic (exact) mass is 374 g/mol. The molecule has 1 aliphatic rings. The average Bonchev–Trinajstić information content (AvgIpc) is 2.55. The molecule has 1 N–H and O–H groups in total. The lowest BCUT2D eigenvalue weighted by molar-refractivity contribution is -0.120. The largest absolute Gasteiger partial charge is 0.431 e. The lowest BCUT2D eigenvalue weighted by atomic mass is 9.74. The van der Waals surface area contributed by atoms with Crippen molar-refractivity contribution in [1.82, 2.24) is 5.32 Å². The van der Waals surface area contributed by atoms with E-state index in [-0.39, 0.29) is 11.8 Å². The summed E-state index contributed by atoms with van der Waals surface area (Å²) in [6, 6.07) is 6.06. The molecule has 0 heterocycles. The van der Waals surface area contributed by atoms with Crippen molar-refractivity contribution in [3.05, 3.63) is 23.8 Å². The van der Waals surface area contributed by atoms with Crippen molar-refractivity contribution in [2.24, 2.45) is 0 Å². The highest BCUT2D eigenvalue weighted by Crippen LogP contribution is 2.41. The van der Waals surface area contributed by atoms with Gasteiger partial charge in [-0.1, -0.05) is 6.07 Å². The molecule has 9 heteroatoms. The van der Waals surface area contributed by atoms with Gasteiger partial charge in [-0.05, 0) is 49.3 Å². The van der Waals surface area contributed by atoms with Crippen LogP contribution in [0.25, 0.3) is 0 Å². The molecule has 1 saturated carbocycles. The van der Waals surface area contributed by atoms with Gasteiger partial charge in [0.05, 0.1) is 6.07 Å². The van der Waals surface area contributed by atoms with Gasteiger partial charge in [-0.15, -0.1) is 0 Å². The number of benzene rings is 1. The second kappa shape index (κ2) is 8.25. The summed E-state index contributed by atoms with van der Waals surface area (Å²) in [6.07, 6.45) is 1.84. The van der Waals surface area contributed by atoms with E-state index in [4.69, 9.17) is 0 Å². The Morgan fingerprint density at radius 3 is 2.27 bits per heavy atom. The smallest absolute Gasteiger partial charge is 0.387 e. The van der Waals surface area contributed by atoms with Gasteiger partial charge in [0.25, 0.3) is 0 Å². The van der Waals surface area contributed by atoms with Crippen molar-refractivity contribution in [3.63, 3.8) is 0 Å². The number of carbonyl (C=O) groups is 1. The second-order valence-corrected chi connectivity index (χ2v) is 6.11. The van der Waals surface area contributed by atoms with Crippen LogP contribution in [0.1, 0.15) is 44.1 Å². The first-order valence-electron chi connectivity index (χ1n) is 7.98. The van der Waals surface area contributed by atoms with Gasteiger partial charge in [0.15, 0.2) is 11.5 Å². The Kier molecular flexibility index (Phi) is 6.29. The summed E-state index contributed by atoms with van der Waals surface area (Å²) in [5, 5.41) is 12.0. The molecule has 1 aliphatic carbocycles. The average molecular weight is 374 g/mol. The van der Waals surface area contributed by atoms with Crippen LogP contribution in [-0.4, -0.2) is 24.7 Å². The highest BCUT2D eigenvalue weighted by Gasteiger charge is 2.36. The molecule has 0 radical (unpaired) electrons. The molecule has 0 unspecified atom stereocenters. The molecular formula is C17H18F4N2O3. The molecule has 2 rings (SSSR count). The number of nitrogens with zero attached hydrogens (tertiary/aromatic N) is 1. The van der Waals surface area contributed by atoms with Gasteiger partial charge in [-0.25, -0.2) is 0 Å². The Morgan fingerprint density at radius 2 is 1.77 bits per heavy atom. The fraction of sp³-hybridized carbons (Fsp3) is 0.529. The van der Waals surface area contributed by atoms with Gasteiger partial charge >= 0.3 is 13.2 Å². The van der Waals surface area contributed by atoms with Crippen LogP contribution in [0.15, 0.2) is 18.2 Å². The minimum atomic E-state index is -3.18. The zero-order valence-electron chi connectivity index (χ0n) is 14.0. The Bertz CT molecular complexity index is 683. The van der Waals surface area contributed by atoms with E-state index in [1.807, 2.05) is 0 Å². The molecule has 5 nitrogen and oxygen atoms in total. The molecule has 1 fully saturated rings. The standard InChI is InChI=1S/C17H18F4N2O3/c1-10(24)23-17(9-22)6-4-11(5-7-17)12-2-3-13(25-15(18)19)14(8-12)26-16(20)21/h2-3,8,11,15-16H,4-7H2,1H3,(H,23,24)/t11-,17-. The molecule has 0 bridgehead atoms. The molecule has 0 atom stereocenters. The zero-order valence-corrected chi connectivity index (χ0v) is 14.0. The van der Waals surface area contributed by atoms with Crippen LogP contribution in [0, 0.1) is 11.3 Å². The highest BCUT2D eigenvalue weighted by atomic mass is 19.3. The number of ether oxygens (including phenoxy) is 2. The molecule has 142 valence electrons. The minimum Gasteiger partial charge on any atom is -0.431 e. The fourth-order valence-corrected chi connectivity index (χ4v) is 3.21. The number of amides is 1. The van der Waals surface area contributed by atoms with E-state index in [0.717, 1.165) is 0 Å². The third-order valence-corrected chi connectivity index (χ3v) is 4.34. The number of hydrogen-bond donors (Lipinski definition) is 1. The molecule has 1 amide bonds. The number of alkyl halides is 4. The van der Waals surface area contributed by atoms with E-state index in [9.17, 15) is 27.6 Å². The quantitative estimate of drug-likeness (QED) is 0.766. The molecule has 0 aliphatic heterocycles. The summed E-state index contributed by atoms with van der Waals surface area (Å²) in [7, 11) is 0. The van der Waals surface area contributed by atoms with Crippen LogP contribution in [0.4, 0.5) is 17.6 Å². The van der Waals surface area contributed by atoms with Crippen LogP contribution in [0.2, 0.25) is 0 Å². The number of nitriles is 1. The van der Waals surface area contributed by atoms with Gasteiger partial charge in [0.1, 0.15) is 5.54 Å². The maximum Gasteiger partial charge on any atom is 0.387 e. The van der Waals surface area contributed by atoms with E-state index in [0.29, 0.717) is 31.2 Å². The summed E-state index contributed by atoms with van der Waals surface area (Å²) in [5.41, 5.74) is -0.319. The van der Waals surface area contributed by atoms with Crippen LogP contribution in [0.5, 0.6) is 11.5 Å². The Hall–Kier alpha value is -2.50. The van der Waals surface area contributed by atoms with Gasteiger partial charge in [0, 0.05) is 6.92 Å². The summed E-state index contributed by atoms with van der Waals surface area (Å²) in [4.78, 5) is 11.3. The van der Waals surface area contributed by atoms with Gasteiger partial charge in [-0.3, -0.25) is 4.79 Å². The predicted octanol–water partition coefficient (Wildman–Crippen LogP) is 3.95. The molecule has 0 saturated heterocycles. The van der Waals surface area contributed by atoms with Crippen molar-refractivity contribution in [3.8, 4) is 17.6 Å². The first kappa shape index (κ1) is 19.8. The van der Waals surface area contributed by atoms with E-state index in [2.05, 4.69) is 20.9 Å². The number of hydrogen-bond acceptors (Lipinski definition) is 4. The first-order chi connectivity index (χ1) is 12.2. The minimum absolute atomic E-state index is 0.0779. The second-order valence-electron chi connectivity index (χ2n) is 6.11. The van der Waals surface area contributed by atoms with Crippen LogP contribution in [0.3, 0.4) is 0 Å². The van der Waals surface area contributed by atoms with Crippen molar-refractivity contribution in [2.45, 2.75) is 57.3 Å². The summed E-state index contributed by atoms with van der Waals surface area (Å²) in [6.45, 7) is -5.01. The fourth-order valence-electron chi connectivity index (χ4n) is 3.21. The topological polar surface area (TPSA) is 71.4 Å². The number of halogens is 4. The first-order valence-corrected chi connectivity index (χ1v) is 7.98. The molecule has 0 aromatic heterocycles. The molecule has 1 aromatic rings. The third-order valence-electron chi connectivity index (χ3n) is 4.34. The molecule has 0 spiro atoms. The lowest BCUT2D eigenvalue weighted by Gasteiger charge is -2.35. The normalized spacial score (nSPS) is 22.8. The van der Waals surface area contributed by atoms with Crippen molar-refractivity contribution in [2.75, 3.05) is 0 Å². The third kappa shape index (κ3) is 5.00.